The third-order valence-electron chi connectivity index (χ3n) is 4.62. The summed E-state index contributed by atoms with van der Waals surface area (Å²) in [5.74, 6) is -0.332. The Balaban J connectivity index is 1.33. The lowest BCUT2D eigenvalue weighted by Crippen LogP contribution is -2.43. The number of nitrogens with zero attached hydrogens (tertiary/aromatic N) is 2. The number of piperidine rings is 1. The summed E-state index contributed by atoms with van der Waals surface area (Å²) in [6.07, 6.45) is 1.43. The largest absolute Gasteiger partial charge is 0.467 e. The predicted octanol–water partition coefficient (Wildman–Crippen LogP) is 4.82. The van der Waals surface area contributed by atoms with Gasteiger partial charge in [0.15, 0.2) is 0 Å². The quantitative estimate of drug-likeness (QED) is 0.703. The summed E-state index contributed by atoms with van der Waals surface area (Å²) in [7, 11) is 0. The molecule has 140 valence electrons. The van der Waals surface area contributed by atoms with Crippen LogP contribution < -0.4 is 10.1 Å². The normalized spacial score (nSPS) is 15.1. The number of amides is 2. The first-order valence-corrected chi connectivity index (χ1v) is 9.74. The first-order valence-electron chi connectivity index (χ1n) is 8.93. The molecule has 0 saturated carbocycles. The molecule has 1 aliphatic rings. The molecule has 0 atom stereocenters. The average molecular weight is 385 g/mol. The van der Waals surface area contributed by atoms with Crippen LogP contribution in [0.5, 0.6) is 5.19 Å². The molecule has 7 heteroatoms. The van der Waals surface area contributed by atoms with E-state index in [2.05, 4.69) is 10.3 Å². The van der Waals surface area contributed by atoms with E-state index >= 15 is 0 Å². The Morgan fingerprint density at radius 2 is 2.04 bits per heavy atom. The van der Waals surface area contributed by atoms with E-state index in [0.717, 1.165) is 28.8 Å². The van der Waals surface area contributed by atoms with Crippen molar-refractivity contribution >= 4 is 33.3 Å². The summed E-state index contributed by atoms with van der Waals surface area (Å²) in [5, 5.41) is 3.42. The number of likely N-dealkylation sites (tertiary alicyclic amines) is 1. The second-order valence-corrected chi connectivity index (χ2v) is 7.66. The van der Waals surface area contributed by atoms with Gasteiger partial charge in [-0.15, -0.1) is 0 Å². The van der Waals surface area contributed by atoms with Crippen LogP contribution in [0.15, 0.2) is 42.5 Å². The molecule has 0 spiro atoms. The molecule has 1 aromatic heterocycles. The topological polar surface area (TPSA) is 54.5 Å². The van der Waals surface area contributed by atoms with Crippen molar-refractivity contribution in [2.75, 3.05) is 18.4 Å². The molecule has 2 amide bonds. The molecule has 1 aliphatic heterocycles. The molecule has 1 fully saturated rings. The Morgan fingerprint density at radius 1 is 1.26 bits per heavy atom. The van der Waals surface area contributed by atoms with E-state index in [1.54, 1.807) is 11.0 Å². The van der Waals surface area contributed by atoms with Crippen LogP contribution in [0.2, 0.25) is 0 Å². The molecule has 0 radical (unpaired) electrons. The highest BCUT2D eigenvalue weighted by atomic mass is 32.1. The molecule has 0 unspecified atom stereocenters. The molecular formula is C20H20FN3O2S. The number of rotatable bonds is 3. The highest BCUT2D eigenvalue weighted by molar-refractivity contribution is 7.20. The number of halogens is 1. The molecular weight excluding hydrogens is 365 g/mol. The number of carbonyl (C=O) groups excluding carboxylic acids is 1. The highest BCUT2D eigenvalue weighted by Crippen LogP contribution is 2.31. The molecule has 1 saturated heterocycles. The first kappa shape index (κ1) is 17.7. The maximum atomic E-state index is 13.8. The minimum Gasteiger partial charge on any atom is -0.467 e. The van der Waals surface area contributed by atoms with Gasteiger partial charge in [-0.05, 0) is 36.8 Å². The van der Waals surface area contributed by atoms with E-state index < -0.39 is 0 Å². The number of fused-ring (bicyclic) bond motifs is 1. The molecule has 4 rings (SSSR count). The Bertz CT molecular complexity index is 967. The number of hydrogen-bond acceptors (Lipinski definition) is 4. The van der Waals surface area contributed by atoms with Gasteiger partial charge < -0.3 is 15.0 Å². The highest BCUT2D eigenvalue weighted by Gasteiger charge is 2.25. The van der Waals surface area contributed by atoms with E-state index in [4.69, 9.17) is 4.74 Å². The molecule has 2 heterocycles. The number of aryl methyl sites for hydroxylation is 1. The zero-order valence-electron chi connectivity index (χ0n) is 14.9. The zero-order valence-corrected chi connectivity index (χ0v) is 15.8. The number of ether oxygens (including phenoxy) is 1. The van der Waals surface area contributed by atoms with Gasteiger partial charge in [-0.25, -0.2) is 9.18 Å². The molecule has 3 aromatic rings. The van der Waals surface area contributed by atoms with Crippen LogP contribution >= 0.6 is 11.3 Å². The number of benzene rings is 2. The van der Waals surface area contributed by atoms with Gasteiger partial charge in [0.25, 0.3) is 5.19 Å². The molecule has 0 bridgehead atoms. The van der Waals surface area contributed by atoms with Gasteiger partial charge in [0, 0.05) is 31.6 Å². The Morgan fingerprint density at radius 3 is 2.78 bits per heavy atom. The van der Waals surface area contributed by atoms with Crippen LogP contribution in [0.4, 0.5) is 14.9 Å². The number of carbonyl (C=O) groups is 1. The summed E-state index contributed by atoms with van der Waals surface area (Å²) in [4.78, 5) is 18.5. The zero-order chi connectivity index (χ0) is 18.8. The van der Waals surface area contributed by atoms with E-state index in [-0.39, 0.29) is 18.0 Å². The van der Waals surface area contributed by atoms with Crippen molar-refractivity contribution in [1.82, 2.24) is 9.88 Å². The van der Waals surface area contributed by atoms with Crippen molar-refractivity contribution in [3.05, 3.63) is 53.8 Å². The number of hydrogen-bond donors (Lipinski definition) is 1. The van der Waals surface area contributed by atoms with Gasteiger partial charge in [-0.3, -0.25) is 0 Å². The van der Waals surface area contributed by atoms with Crippen molar-refractivity contribution in [2.24, 2.45) is 0 Å². The van der Waals surface area contributed by atoms with Crippen molar-refractivity contribution in [3.63, 3.8) is 0 Å². The SMILES string of the molecule is Cc1cccc(NC(=O)N2CCC(Oc3nc4c(F)cccc4s3)CC2)c1. The summed E-state index contributed by atoms with van der Waals surface area (Å²) < 4.78 is 20.5. The smallest absolute Gasteiger partial charge is 0.321 e. The maximum absolute atomic E-state index is 13.8. The first-order chi connectivity index (χ1) is 13.1. The minimum atomic E-state index is -0.332. The van der Waals surface area contributed by atoms with Crippen molar-refractivity contribution in [1.29, 1.82) is 0 Å². The molecule has 5 nitrogen and oxygen atoms in total. The fraction of sp³-hybridized carbons (Fsp3) is 0.300. The van der Waals surface area contributed by atoms with Crippen LogP contribution in [0, 0.1) is 12.7 Å². The van der Waals surface area contributed by atoms with Gasteiger partial charge in [0.2, 0.25) is 0 Å². The molecule has 0 aliphatic carbocycles. The van der Waals surface area contributed by atoms with Crippen LogP contribution in [-0.4, -0.2) is 35.1 Å². The Labute approximate surface area is 160 Å². The van der Waals surface area contributed by atoms with Crippen LogP contribution in [-0.2, 0) is 0 Å². The van der Waals surface area contributed by atoms with E-state index in [9.17, 15) is 9.18 Å². The van der Waals surface area contributed by atoms with Gasteiger partial charge in [-0.2, -0.15) is 4.98 Å². The lowest BCUT2D eigenvalue weighted by molar-refractivity contribution is 0.115. The average Bonchev–Trinajstić information content (AvgIpc) is 3.06. The van der Waals surface area contributed by atoms with Crippen LogP contribution in [0.25, 0.3) is 10.2 Å². The summed E-state index contributed by atoms with van der Waals surface area (Å²) in [6.45, 7) is 3.22. The second-order valence-electron chi connectivity index (χ2n) is 6.67. The monoisotopic (exact) mass is 385 g/mol. The van der Waals surface area contributed by atoms with Gasteiger partial charge in [0.05, 0.1) is 4.70 Å². The third-order valence-corrected chi connectivity index (χ3v) is 5.53. The lowest BCUT2D eigenvalue weighted by atomic mass is 10.1. The second kappa shape index (κ2) is 7.52. The summed E-state index contributed by atoms with van der Waals surface area (Å²) in [6, 6.07) is 12.6. The number of para-hydroxylation sites is 1. The Hall–Kier alpha value is -2.67. The van der Waals surface area contributed by atoms with Crippen LogP contribution in [0.1, 0.15) is 18.4 Å². The minimum absolute atomic E-state index is 0.0170. The van der Waals surface area contributed by atoms with Crippen LogP contribution in [0.3, 0.4) is 0 Å². The number of urea groups is 1. The number of nitrogens with one attached hydrogen (secondary N) is 1. The summed E-state index contributed by atoms with van der Waals surface area (Å²) in [5.41, 5.74) is 2.26. The van der Waals surface area contributed by atoms with Crippen molar-refractivity contribution in [2.45, 2.75) is 25.9 Å². The van der Waals surface area contributed by atoms with Gasteiger partial charge in [-0.1, -0.05) is 29.5 Å². The fourth-order valence-electron chi connectivity index (χ4n) is 3.19. The predicted molar refractivity (Wildman–Crippen MR) is 105 cm³/mol. The number of thiazole rings is 1. The Kier molecular flexibility index (Phi) is 4.94. The van der Waals surface area contributed by atoms with Crippen molar-refractivity contribution < 1.29 is 13.9 Å². The fourth-order valence-corrected chi connectivity index (χ4v) is 4.09. The van der Waals surface area contributed by atoms with E-state index in [0.29, 0.717) is 23.8 Å². The standard InChI is InChI=1S/C20H20FN3O2S/c1-13-4-2-5-14(12-13)22-19(25)24-10-8-15(9-11-24)26-20-23-18-16(21)6-3-7-17(18)27-20/h2-7,12,15H,8-11H2,1H3,(H,22,25). The third kappa shape index (κ3) is 4.03. The maximum Gasteiger partial charge on any atom is 0.321 e. The van der Waals surface area contributed by atoms with Crippen molar-refractivity contribution in [3.8, 4) is 5.19 Å². The van der Waals surface area contributed by atoms with Gasteiger partial charge in [0.1, 0.15) is 17.4 Å². The van der Waals surface area contributed by atoms with E-state index in [1.165, 1.54) is 17.4 Å². The lowest BCUT2D eigenvalue weighted by Gasteiger charge is -2.31. The van der Waals surface area contributed by atoms with Gasteiger partial charge >= 0.3 is 6.03 Å². The summed E-state index contributed by atoms with van der Waals surface area (Å²) >= 11 is 1.35. The molecule has 1 N–H and O–H groups in total. The number of aromatic nitrogens is 1. The molecule has 2 aromatic carbocycles. The number of anilines is 1. The van der Waals surface area contributed by atoms with E-state index in [1.807, 2.05) is 37.3 Å². The molecule has 27 heavy (non-hydrogen) atoms.